The van der Waals surface area contributed by atoms with E-state index >= 15 is 0 Å². The van der Waals surface area contributed by atoms with Gasteiger partial charge < -0.3 is 5.73 Å². The normalized spacial score (nSPS) is 14.9. The van der Waals surface area contributed by atoms with Crippen LogP contribution >= 0.6 is 11.6 Å². The van der Waals surface area contributed by atoms with Crippen LogP contribution in [0.4, 0.5) is 4.39 Å². The SMILES string of the molecule is C=C[C@@](C)(N)c1c(F)ccc(C)c1Cl. The van der Waals surface area contributed by atoms with E-state index in [1.165, 1.54) is 12.1 Å². The van der Waals surface area contributed by atoms with Crippen LogP contribution in [0.25, 0.3) is 0 Å². The number of aryl methyl sites for hydroxylation is 1. The number of halogens is 2. The lowest BCUT2D eigenvalue weighted by Gasteiger charge is -2.23. The lowest BCUT2D eigenvalue weighted by Crippen LogP contribution is -2.31. The average Bonchev–Trinajstić information content (AvgIpc) is 2.12. The summed E-state index contributed by atoms with van der Waals surface area (Å²) >= 11 is 5.99. The van der Waals surface area contributed by atoms with Crippen LogP contribution in [0.3, 0.4) is 0 Å². The third-order valence-corrected chi connectivity index (χ3v) is 2.73. The Morgan fingerprint density at radius 1 is 1.57 bits per heavy atom. The molecule has 1 nitrogen and oxygen atoms in total. The van der Waals surface area contributed by atoms with Crippen molar-refractivity contribution in [1.82, 2.24) is 0 Å². The summed E-state index contributed by atoms with van der Waals surface area (Å²) in [6.45, 7) is 7.05. The van der Waals surface area contributed by atoms with Crippen molar-refractivity contribution in [3.05, 3.63) is 46.8 Å². The van der Waals surface area contributed by atoms with Gasteiger partial charge >= 0.3 is 0 Å². The fourth-order valence-corrected chi connectivity index (χ4v) is 1.61. The van der Waals surface area contributed by atoms with Crippen molar-refractivity contribution >= 4 is 11.6 Å². The summed E-state index contributed by atoms with van der Waals surface area (Å²) in [4.78, 5) is 0. The molecule has 0 aliphatic rings. The second kappa shape index (κ2) is 3.71. The Kier molecular flexibility index (Phi) is 2.98. The highest BCUT2D eigenvalue weighted by atomic mass is 35.5. The monoisotopic (exact) mass is 213 g/mol. The molecule has 2 N–H and O–H groups in total. The molecule has 0 aliphatic heterocycles. The van der Waals surface area contributed by atoms with Crippen LogP contribution in [0.15, 0.2) is 24.8 Å². The molecule has 0 radical (unpaired) electrons. The van der Waals surface area contributed by atoms with E-state index in [-0.39, 0.29) is 0 Å². The van der Waals surface area contributed by atoms with E-state index in [1.54, 1.807) is 13.0 Å². The van der Waals surface area contributed by atoms with Crippen molar-refractivity contribution in [3.63, 3.8) is 0 Å². The summed E-state index contributed by atoms with van der Waals surface area (Å²) in [5.41, 5.74) is 6.04. The zero-order chi connectivity index (χ0) is 10.9. The molecule has 1 rings (SSSR count). The largest absolute Gasteiger partial charge is 0.318 e. The maximum Gasteiger partial charge on any atom is 0.130 e. The van der Waals surface area contributed by atoms with Gasteiger partial charge in [-0.05, 0) is 25.5 Å². The maximum atomic E-state index is 13.5. The molecule has 76 valence electrons. The van der Waals surface area contributed by atoms with Gasteiger partial charge in [-0.1, -0.05) is 23.7 Å². The number of benzene rings is 1. The highest BCUT2D eigenvalue weighted by molar-refractivity contribution is 6.32. The van der Waals surface area contributed by atoms with Gasteiger partial charge in [0.25, 0.3) is 0 Å². The lowest BCUT2D eigenvalue weighted by molar-refractivity contribution is 0.544. The van der Waals surface area contributed by atoms with Gasteiger partial charge in [0.15, 0.2) is 0 Å². The van der Waals surface area contributed by atoms with Crippen LogP contribution in [0.5, 0.6) is 0 Å². The van der Waals surface area contributed by atoms with Crippen molar-refractivity contribution in [2.24, 2.45) is 5.73 Å². The Morgan fingerprint density at radius 2 is 2.14 bits per heavy atom. The quantitative estimate of drug-likeness (QED) is 0.751. The zero-order valence-electron chi connectivity index (χ0n) is 8.27. The molecule has 14 heavy (non-hydrogen) atoms. The summed E-state index contributed by atoms with van der Waals surface area (Å²) < 4.78 is 13.5. The van der Waals surface area contributed by atoms with E-state index in [0.29, 0.717) is 10.6 Å². The van der Waals surface area contributed by atoms with Crippen LogP contribution in [-0.2, 0) is 5.54 Å². The van der Waals surface area contributed by atoms with Crippen molar-refractivity contribution in [2.45, 2.75) is 19.4 Å². The van der Waals surface area contributed by atoms with Gasteiger partial charge in [0.05, 0.1) is 10.6 Å². The molecule has 0 saturated carbocycles. The number of rotatable bonds is 2. The minimum Gasteiger partial charge on any atom is -0.318 e. The predicted octanol–water partition coefficient (Wildman–Crippen LogP) is 3.15. The van der Waals surface area contributed by atoms with Crippen molar-refractivity contribution in [1.29, 1.82) is 0 Å². The van der Waals surface area contributed by atoms with E-state index in [9.17, 15) is 4.39 Å². The first-order valence-electron chi connectivity index (χ1n) is 4.27. The van der Waals surface area contributed by atoms with Gasteiger partial charge in [-0.25, -0.2) is 4.39 Å². The van der Waals surface area contributed by atoms with Gasteiger partial charge in [-0.3, -0.25) is 0 Å². The summed E-state index contributed by atoms with van der Waals surface area (Å²) in [5.74, 6) is -0.398. The Morgan fingerprint density at radius 3 is 2.64 bits per heavy atom. The van der Waals surface area contributed by atoms with E-state index in [0.717, 1.165) is 5.56 Å². The third kappa shape index (κ3) is 1.81. The highest BCUT2D eigenvalue weighted by Crippen LogP contribution is 2.31. The average molecular weight is 214 g/mol. The first kappa shape index (κ1) is 11.2. The molecule has 1 atom stereocenters. The molecule has 0 bridgehead atoms. The molecule has 0 amide bonds. The van der Waals surface area contributed by atoms with Gasteiger partial charge in [-0.15, -0.1) is 6.58 Å². The van der Waals surface area contributed by atoms with Crippen LogP contribution in [0, 0.1) is 12.7 Å². The van der Waals surface area contributed by atoms with Crippen molar-refractivity contribution in [2.75, 3.05) is 0 Å². The molecular weight excluding hydrogens is 201 g/mol. The molecule has 1 aromatic rings. The fraction of sp³-hybridized carbons (Fsp3) is 0.273. The van der Waals surface area contributed by atoms with Gasteiger partial charge in [0, 0.05) is 5.56 Å². The molecule has 3 heteroatoms. The summed E-state index contributed by atoms with van der Waals surface area (Å²) in [7, 11) is 0. The van der Waals surface area contributed by atoms with Crippen LogP contribution in [0.2, 0.25) is 5.02 Å². The molecule has 1 aromatic carbocycles. The molecular formula is C11H13ClFN. The fourth-order valence-electron chi connectivity index (χ4n) is 1.25. The van der Waals surface area contributed by atoms with Crippen molar-refractivity contribution < 1.29 is 4.39 Å². The van der Waals surface area contributed by atoms with Crippen LogP contribution in [0.1, 0.15) is 18.1 Å². The molecule has 0 unspecified atom stereocenters. The standard InChI is InChI=1S/C11H13ClFN/c1-4-11(3,14)9-8(13)6-5-7(2)10(9)12/h4-6H,1,14H2,2-3H3/t11-/m1/s1. The first-order valence-corrected chi connectivity index (χ1v) is 4.65. The van der Waals surface area contributed by atoms with E-state index in [2.05, 4.69) is 6.58 Å². The molecule has 0 fully saturated rings. The minimum absolute atomic E-state index is 0.300. The summed E-state index contributed by atoms with van der Waals surface area (Å²) in [6, 6.07) is 2.99. The number of nitrogens with two attached hydrogens (primary N) is 1. The Hall–Kier alpha value is -0.860. The van der Waals surface area contributed by atoms with Gasteiger partial charge in [-0.2, -0.15) is 0 Å². The lowest BCUT2D eigenvalue weighted by atomic mass is 9.91. The third-order valence-electron chi connectivity index (χ3n) is 2.25. The summed E-state index contributed by atoms with van der Waals surface area (Å²) in [5, 5.41) is 0.370. The molecule has 0 aromatic heterocycles. The molecule has 0 heterocycles. The Bertz CT molecular complexity index is 372. The number of hydrogen-bond acceptors (Lipinski definition) is 1. The summed E-state index contributed by atoms with van der Waals surface area (Å²) in [6.07, 6.45) is 1.48. The smallest absolute Gasteiger partial charge is 0.130 e. The molecule has 0 spiro atoms. The predicted molar refractivity (Wildman–Crippen MR) is 57.9 cm³/mol. The zero-order valence-corrected chi connectivity index (χ0v) is 9.03. The van der Waals surface area contributed by atoms with Gasteiger partial charge in [0.1, 0.15) is 5.82 Å². The maximum absolute atomic E-state index is 13.5. The second-order valence-electron chi connectivity index (χ2n) is 3.54. The molecule has 0 aliphatic carbocycles. The topological polar surface area (TPSA) is 26.0 Å². The van der Waals surface area contributed by atoms with E-state index in [1.807, 2.05) is 6.92 Å². The van der Waals surface area contributed by atoms with E-state index in [4.69, 9.17) is 17.3 Å². The van der Waals surface area contributed by atoms with Gasteiger partial charge in [0.2, 0.25) is 0 Å². The second-order valence-corrected chi connectivity index (χ2v) is 3.92. The van der Waals surface area contributed by atoms with Crippen molar-refractivity contribution in [3.8, 4) is 0 Å². The highest BCUT2D eigenvalue weighted by Gasteiger charge is 2.24. The van der Waals surface area contributed by atoms with Crippen LogP contribution < -0.4 is 5.73 Å². The van der Waals surface area contributed by atoms with Crippen LogP contribution in [-0.4, -0.2) is 0 Å². The Labute approximate surface area is 88.4 Å². The Balaban J connectivity index is 3.47. The number of hydrogen-bond donors (Lipinski definition) is 1. The van der Waals surface area contributed by atoms with E-state index < -0.39 is 11.4 Å². The first-order chi connectivity index (χ1) is 6.40. The molecule has 0 saturated heterocycles. The minimum atomic E-state index is -0.937.